The van der Waals surface area contributed by atoms with Crippen molar-refractivity contribution in [2.24, 2.45) is 0 Å². The number of nitrogens with one attached hydrogen (secondary N) is 1. The Balaban J connectivity index is 1.81. The number of aromatic nitrogens is 3. The highest BCUT2D eigenvalue weighted by Gasteiger charge is 2.27. The number of anilines is 1. The summed E-state index contributed by atoms with van der Waals surface area (Å²) >= 11 is 7.72. The summed E-state index contributed by atoms with van der Waals surface area (Å²) in [4.78, 5) is 4.58. The zero-order valence-corrected chi connectivity index (χ0v) is 17.4. The second-order valence-electron chi connectivity index (χ2n) is 6.34. The van der Waals surface area contributed by atoms with Gasteiger partial charge in [0.05, 0.1) is 12.1 Å². The maximum Gasteiger partial charge on any atom is 0.247 e. The normalized spacial score (nSPS) is 14.8. The lowest BCUT2D eigenvalue weighted by molar-refractivity contribution is 0.224. The zero-order valence-electron chi connectivity index (χ0n) is 15.8. The van der Waals surface area contributed by atoms with Crippen LogP contribution in [0.3, 0.4) is 0 Å². The Labute approximate surface area is 177 Å². The number of aromatic hydroxyl groups is 1. The van der Waals surface area contributed by atoms with E-state index in [4.69, 9.17) is 21.1 Å². The monoisotopic (exact) mass is 430 g/mol. The number of hydrogen-bond donors (Lipinski definition) is 2. The summed E-state index contributed by atoms with van der Waals surface area (Å²) in [5.74, 6) is 1.42. The minimum atomic E-state index is -0.620. The summed E-state index contributed by atoms with van der Waals surface area (Å²) < 4.78 is 11.4. The molecule has 1 aliphatic rings. The van der Waals surface area contributed by atoms with Crippen molar-refractivity contribution in [2.75, 3.05) is 18.2 Å². The molecule has 0 bridgehead atoms. The van der Waals surface area contributed by atoms with Gasteiger partial charge in [-0.25, -0.2) is 0 Å². The van der Waals surface area contributed by atoms with E-state index in [-0.39, 0.29) is 16.5 Å². The summed E-state index contributed by atoms with van der Waals surface area (Å²) in [7, 11) is 1.47. The summed E-state index contributed by atoms with van der Waals surface area (Å²) in [5.41, 5.74) is 2.90. The van der Waals surface area contributed by atoms with Crippen molar-refractivity contribution >= 4 is 29.1 Å². The smallest absolute Gasteiger partial charge is 0.247 e. The van der Waals surface area contributed by atoms with Crippen molar-refractivity contribution < 1.29 is 14.6 Å². The molecule has 0 saturated heterocycles. The van der Waals surface area contributed by atoms with Crippen LogP contribution in [0, 0.1) is 0 Å². The Kier molecular flexibility index (Phi) is 5.64. The molecule has 1 aliphatic heterocycles. The number of benzene rings is 2. The fourth-order valence-electron chi connectivity index (χ4n) is 2.95. The van der Waals surface area contributed by atoms with Crippen molar-refractivity contribution in [3.05, 3.63) is 47.0 Å². The number of phenols is 1. The van der Waals surface area contributed by atoms with Gasteiger partial charge in [0.2, 0.25) is 11.0 Å². The van der Waals surface area contributed by atoms with Crippen LogP contribution in [-0.4, -0.2) is 33.2 Å². The van der Waals surface area contributed by atoms with Gasteiger partial charge in [-0.2, -0.15) is 4.98 Å². The molecule has 0 spiro atoms. The second kappa shape index (κ2) is 8.34. The van der Waals surface area contributed by atoms with Gasteiger partial charge in [0.15, 0.2) is 23.4 Å². The maximum absolute atomic E-state index is 10.1. The van der Waals surface area contributed by atoms with Gasteiger partial charge in [-0.15, -0.1) is 10.2 Å². The molecule has 0 fully saturated rings. The third-order valence-electron chi connectivity index (χ3n) is 4.34. The molecule has 3 aromatic rings. The minimum Gasteiger partial charge on any atom is -0.503 e. The van der Waals surface area contributed by atoms with E-state index in [9.17, 15) is 5.11 Å². The van der Waals surface area contributed by atoms with Crippen molar-refractivity contribution in [3.8, 4) is 28.6 Å². The van der Waals surface area contributed by atoms with Crippen molar-refractivity contribution in [1.82, 2.24) is 15.2 Å². The molecular formula is C20H19ClN4O3S. The highest BCUT2D eigenvalue weighted by molar-refractivity contribution is 7.99. The van der Waals surface area contributed by atoms with Crippen molar-refractivity contribution in [2.45, 2.75) is 24.7 Å². The molecule has 150 valence electrons. The van der Waals surface area contributed by atoms with Crippen LogP contribution in [0.1, 0.15) is 25.1 Å². The number of methoxy groups -OCH3 is 1. The molecule has 9 heteroatoms. The number of rotatable bonds is 5. The Morgan fingerprint density at radius 1 is 1.28 bits per heavy atom. The van der Waals surface area contributed by atoms with Gasteiger partial charge >= 0.3 is 0 Å². The van der Waals surface area contributed by atoms with Gasteiger partial charge in [0.25, 0.3) is 0 Å². The first-order valence-electron chi connectivity index (χ1n) is 9.07. The van der Waals surface area contributed by atoms with Gasteiger partial charge in [-0.1, -0.05) is 48.5 Å². The van der Waals surface area contributed by atoms with E-state index in [1.54, 1.807) is 12.1 Å². The summed E-state index contributed by atoms with van der Waals surface area (Å²) in [6.45, 7) is 2.10. The van der Waals surface area contributed by atoms with E-state index in [2.05, 4.69) is 27.4 Å². The number of phenolic OH excluding ortho intramolecular Hbond substituents is 1. The average Bonchev–Trinajstić information content (AvgIpc) is 2.90. The van der Waals surface area contributed by atoms with E-state index in [1.807, 2.05) is 24.3 Å². The molecule has 0 aliphatic carbocycles. The van der Waals surface area contributed by atoms with Crippen LogP contribution >= 0.6 is 23.4 Å². The molecule has 0 saturated carbocycles. The molecule has 2 aromatic carbocycles. The summed E-state index contributed by atoms with van der Waals surface area (Å²) in [5, 5.41) is 22.8. The van der Waals surface area contributed by atoms with Crippen LogP contribution in [0.2, 0.25) is 5.02 Å². The lowest BCUT2D eigenvalue weighted by Gasteiger charge is -2.20. The molecule has 7 nitrogen and oxygen atoms in total. The predicted molar refractivity (Wildman–Crippen MR) is 113 cm³/mol. The van der Waals surface area contributed by atoms with Gasteiger partial charge < -0.3 is 19.9 Å². The van der Waals surface area contributed by atoms with Gasteiger partial charge in [-0.05, 0) is 24.6 Å². The molecule has 1 atom stereocenters. The van der Waals surface area contributed by atoms with E-state index >= 15 is 0 Å². The standard InChI is InChI=1S/C20H19ClN4O3S/c1-3-8-29-20-23-19-16(24-25-20)12-6-4-5-7-14(12)22-18(28-19)11-9-13(21)17(26)15(10-11)27-2/h4-7,9-10,18,22,26H,3,8H2,1-2H3. The van der Waals surface area contributed by atoms with E-state index in [0.717, 1.165) is 23.4 Å². The molecule has 4 rings (SSSR count). The van der Waals surface area contributed by atoms with Crippen LogP contribution in [0.25, 0.3) is 11.3 Å². The first-order valence-corrected chi connectivity index (χ1v) is 10.4. The van der Waals surface area contributed by atoms with Gasteiger partial charge in [0, 0.05) is 22.6 Å². The fraction of sp³-hybridized carbons (Fsp3) is 0.250. The number of thioether (sulfide) groups is 1. The lowest BCUT2D eigenvalue weighted by Crippen LogP contribution is -2.17. The Bertz CT molecular complexity index is 1050. The third-order valence-corrected chi connectivity index (χ3v) is 5.67. The molecule has 1 unspecified atom stereocenters. The summed E-state index contributed by atoms with van der Waals surface area (Å²) in [6.07, 6.45) is 0.384. The Hall–Kier alpha value is -2.71. The minimum absolute atomic E-state index is 0.116. The third kappa shape index (κ3) is 3.90. The SMILES string of the molecule is CCCSc1nnc2c(n1)OC(c1cc(Cl)c(O)c(OC)c1)Nc1ccccc1-2. The highest BCUT2D eigenvalue weighted by atomic mass is 35.5. The van der Waals surface area contributed by atoms with Gasteiger partial charge in [0.1, 0.15) is 0 Å². The molecule has 1 aromatic heterocycles. The van der Waals surface area contributed by atoms with Crippen LogP contribution in [0.4, 0.5) is 5.69 Å². The fourth-order valence-corrected chi connectivity index (χ4v) is 3.81. The first-order chi connectivity index (χ1) is 14.1. The Morgan fingerprint density at radius 3 is 2.90 bits per heavy atom. The zero-order chi connectivity index (χ0) is 20.4. The Morgan fingerprint density at radius 2 is 2.10 bits per heavy atom. The predicted octanol–water partition coefficient (Wildman–Crippen LogP) is 4.91. The van der Waals surface area contributed by atoms with Crippen LogP contribution < -0.4 is 14.8 Å². The quantitative estimate of drug-likeness (QED) is 0.552. The highest BCUT2D eigenvalue weighted by Crippen LogP contribution is 2.42. The van der Waals surface area contributed by atoms with E-state index in [1.165, 1.54) is 18.9 Å². The molecule has 0 amide bonds. The number of halogens is 1. The van der Waals surface area contributed by atoms with E-state index in [0.29, 0.717) is 22.3 Å². The number of hydrogen-bond acceptors (Lipinski definition) is 8. The van der Waals surface area contributed by atoms with Crippen LogP contribution in [-0.2, 0) is 0 Å². The number of ether oxygens (including phenoxy) is 2. The second-order valence-corrected chi connectivity index (χ2v) is 7.81. The molecule has 2 heterocycles. The number of para-hydroxylation sites is 1. The topological polar surface area (TPSA) is 89.4 Å². The van der Waals surface area contributed by atoms with Gasteiger partial charge in [-0.3, -0.25) is 0 Å². The number of fused-ring (bicyclic) bond motifs is 3. The van der Waals surface area contributed by atoms with Crippen LogP contribution in [0.5, 0.6) is 17.4 Å². The van der Waals surface area contributed by atoms with Crippen molar-refractivity contribution in [1.29, 1.82) is 0 Å². The maximum atomic E-state index is 10.1. The molecule has 29 heavy (non-hydrogen) atoms. The largest absolute Gasteiger partial charge is 0.503 e. The van der Waals surface area contributed by atoms with Crippen LogP contribution in [0.15, 0.2) is 41.6 Å². The summed E-state index contributed by atoms with van der Waals surface area (Å²) in [6, 6.07) is 11.0. The van der Waals surface area contributed by atoms with Crippen molar-refractivity contribution in [3.63, 3.8) is 0 Å². The first kappa shape index (κ1) is 19.6. The lowest BCUT2D eigenvalue weighted by atomic mass is 10.1. The molecular weight excluding hydrogens is 412 g/mol. The average molecular weight is 431 g/mol. The number of nitrogens with zero attached hydrogens (tertiary/aromatic N) is 3. The van der Waals surface area contributed by atoms with E-state index < -0.39 is 6.23 Å². The molecule has 2 N–H and O–H groups in total. The molecule has 0 radical (unpaired) electrons.